The van der Waals surface area contributed by atoms with Crippen molar-refractivity contribution in [2.45, 2.75) is 96.1 Å². The van der Waals surface area contributed by atoms with Crippen molar-refractivity contribution in [1.82, 2.24) is 4.90 Å². The monoisotopic (exact) mass is 435 g/mol. The van der Waals surface area contributed by atoms with Gasteiger partial charge in [0.2, 0.25) is 12.8 Å². The zero-order valence-electron chi connectivity index (χ0n) is 17.5. The molecule has 0 fully saturated rings. The molecule has 3 N–H and O–H groups in total. The molecule has 0 spiro atoms. The van der Waals surface area contributed by atoms with Crippen molar-refractivity contribution >= 4 is 20.6 Å². The summed E-state index contributed by atoms with van der Waals surface area (Å²) in [6, 6.07) is -1.20. The highest BCUT2D eigenvalue weighted by atomic mass is 31.2. The summed E-state index contributed by atoms with van der Waals surface area (Å²) < 4.78 is 15.1. The lowest BCUT2D eigenvalue weighted by Gasteiger charge is -2.26. The van der Waals surface area contributed by atoms with E-state index in [1.807, 2.05) is 0 Å². The zero-order valence-corrected chi connectivity index (χ0v) is 18.4. The number of rotatable bonds is 20. The molecule has 0 aliphatic heterocycles. The minimum Gasteiger partial charge on any atom is -0.387 e. The summed E-state index contributed by atoms with van der Waals surface area (Å²) in [5.41, 5.74) is 0. The summed E-state index contributed by atoms with van der Waals surface area (Å²) >= 11 is 0. The molecule has 0 aliphatic carbocycles. The number of phosphoric ester groups is 1. The van der Waals surface area contributed by atoms with Crippen molar-refractivity contribution in [3.63, 3.8) is 0 Å². The van der Waals surface area contributed by atoms with E-state index in [1.165, 1.54) is 63.9 Å². The third-order valence-electron chi connectivity index (χ3n) is 4.74. The standard InChI is InChI=1S/C20H38NO7P/c1-2-3-4-5-6-7-8-9-10-11-12-13-14-15-20(24)19(21(17-22)18-23)16-28-29(25,26)27/h14-15,17-20,24H,2-13,16H2,1H3,(H2,25,26,27)/t19-,20+/m0/s1. The predicted octanol–water partition coefficient (Wildman–Crippen LogP) is 3.70. The van der Waals surface area contributed by atoms with Gasteiger partial charge in [0.05, 0.1) is 18.8 Å². The Bertz CT molecular complexity index is 487. The molecule has 0 aromatic heterocycles. The number of aliphatic hydroxyl groups is 1. The SMILES string of the molecule is CCCCCCCCCCCCCC=C[C@@H](O)[C@H](COP(=O)(O)O)N(C=O)C=O. The predicted molar refractivity (Wildman–Crippen MR) is 112 cm³/mol. The lowest BCUT2D eigenvalue weighted by molar-refractivity contribution is -0.135. The number of aliphatic hydroxyl groups excluding tert-OH is 1. The highest BCUT2D eigenvalue weighted by Crippen LogP contribution is 2.36. The molecule has 0 aromatic carbocycles. The average Bonchev–Trinajstić information content (AvgIpc) is 2.67. The van der Waals surface area contributed by atoms with E-state index in [2.05, 4.69) is 11.4 Å². The molecule has 0 unspecified atom stereocenters. The van der Waals surface area contributed by atoms with Crippen LogP contribution in [0.2, 0.25) is 0 Å². The molecule has 0 bridgehead atoms. The van der Waals surface area contributed by atoms with Crippen LogP contribution in [0.4, 0.5) is 0 Å². The van der Waals surface area contributed by atoms with Crippen LogP contribution in [0.5, 0.6) is 0 Å². The van der Waals surface area contributed by atoms with Crippen molar-refractivity contribution in [2.75, 3.05) is 6.61 Å². The van der Waals surface area contributed by atoms with Gasteiger partial charge in [-0.2, -0.15) is 0 Å². The second-order valence-electron chi connectivity index (χ2n) is 7.25. The average molecular weight is 435 g/mol. The van der Waals surface area contributed by atoms with Gasteiger partial charge in [0.15, 0.2) is 0 Å². The minimum atomic E-state index is -4.77. The molecule has 29 heavy (non-hydrogen) atoms. The Kier molecular flexibility index (Phi) is 17.1. The van der Waals surface area contributed by atoms with E-state index in [4.69, 9.17) is 9.79 Å². The van der Waals surface area contributed by atoms with E-state index in [0.717, 1.165) is 19.3 Å². The molecular formula is C20H38NO7P. The smallest absolute Gasteiger partial charge is 0.387 e. The first-order valence-electron chi connectivity index (χ1n) is 10.6. The summed E-state index contributed by atoms with van der Waals surface area (Å²) in [5.74, 6) is 0. The van der Waals surface area contributed by atoms with Gasteiger partial charge in [-0.15, -0.1) is 0 Å². The highest BCUT2D eigenvalue weighted by Gasteiger charge is 2.27. The van der Waals surface area contributed by atoms with Crippen molar-refractivity contribution in [1.29, 1.82) is 0 Å². The molecule has 0 saturated heterocycles. The van der Waals surface area contributed by atoms with Gasteiger partial charge in [0.1, 0.15) is 0 Å². The van der Waals surface area contributed by atoms with E-state index in [9.17, 15) is 19.3 Å². The molecule has 0 radical (unpaired) electrons. The Labute approximate surface area is 174 Å². The molecule has 0 aromatic rings. The van der Waals surface area contributed by atoms with Crippen LogP contribution in [0.3, 0.4) is 0 Å². The fourth-order valence-corrected chi connectivity index (χ4v) is 3.35. The topological polar surface area (TPSA) is 124 Å². The molecule has 8 nitrogen and oxygen atoms in total. The molecule has 0 saturated carbocycles. The Morgan fingerprint density at radius 1 is 0.897 bits per heavy atom. The number of imide groups is 1. The summed E-state index contributed by atoms with van der Waals surface area (Å²) in [7, 11) is -4.77. The number of allylic oxidation sites excluding steroid dienone is 1. The van der Waals surface area contributed by atoms with Crippen molar-refractivity contribution < 1.29 is 33.6 Å². The van der Waals surface area contributed by atoms with Gasteiger partial charge in [-0.3, -0.25) is 19.0 Å². The van der Waals surface area contributed by atoms with E-state index in [-0.39, 0.29) is 12.8 Å². The number of carbonyl (C=O) groups is 2. The first-order chi connectivity index (χ1) is 13.9. The Balaban J connectivity index is 4.01. The third kappa shape index (κ3) is 16.4. The van der Waals surface area contributed by atoms with Gasteiger partial charge in [0, 0.05) is 0 Å². The minimum absolute atomic E-state index is 0.182. The van der Waals surface area contributed by atoms with Crippen LogP contribution < -0.4 is 0 Å². The fourth-order valence-electron chi connectivity index (χ4n) is 3.01. The maximum Gasteiger partial charge on any atom is 0.469 e. The number of unbranched alkanes of at least 4 members (excludes halogenated alkanes) is 11. The normalized spacial score (nSPS) is 14.1. The summed E-state index contributed by atoms with van der Waals surface area (Å²) in [6.07, 6.45) is 16.7. The molecule has 2 atom stereocenters. The van der Waals surface area contributed by atoms with Crippen LogP contribution in [0.1, 0.15) is 84.0 Å². The summed E-state index contributed by atoms with van der Waals surface area (Å²) in [5, 5.41) is 10.1. The quantitative estimate of drug-likeness (QED) is 0.115. The number of carbonyl (C=O) groups excluding carboxylic acids is 2. The van der Waals surface area contributed by atoms with E-state index in [0.29, 0.717) is 4.90 Å². The van der Waals surface area contributed by atoms with Gasteiger partial charge < -0.3 is 14.9 Å². The van der Waals surface area contributed by atoms with Crippen LogP contribution in [0, 0.1) is 0 Å². The van der Waals surface area contributed by atoms with Gasteiger partial charge in [-0.1, -0.05) is 83.3 Å². The Morgan fingerprint density at radius 2 is 1.38 bits per heavy atom. The van der Waals surface area contributed by atoms with Crippen LogP contribution in [-0.4, -0.2) is 51.4 Å². The molecule has 0 heterocycles. The lowest BCUT2D eigenvalue weighted by Crippen LogP contribution is -2.44. The maximum atomic E-state index is 10.9. The molecule has 2 amide bonds. The molecular weight excluding hydrogens is 397 g/mol. The van der Waals surface area contributed by atoms with Gasteiger partial charge in [-0.05, 0) is 12.8 Å². The van der Waals surface area contributed by atoms with Crippen LogP contribution >= 0.6 is 7.82 Å². The van der Waals surface area contributed by atoms with Crippen LogP contribution in [0.25, 0.3) is 0 Å². The maximum absolute atomic E-state index is 10.9. The second kappa shape index (κ2) is 17.8. The number of phosphoric acid groups is 1. The van der Waals surface area contributed by atoms with Gasteiger partial charge in [0.25, 0.3) is 0 Å². The molecule has 0 aliphatic rings. The number of nitrogens with zero attached hydrogens (tertiary/aromatic N) is 1. The molecule has 170 valence electrons. The number of hydrogen-bond acceptors (Lipinski definition) is 5. The summed E-state index contributed by atoms with van der Waals surface area (Å²) in [6.45, 7) is 1.56. The number of amides is 2. The van der Waals surface area contributed by atoms with Crippen molar-refractivity contribution in [3.05, 3.63) is 12.2 Å². The van der Waals surface area contributed by atoms with Crippen molar-refractivity contribution in [2.24, 2.45) is 0 Å². The van der Waals surface area contributed by atoms with Crippen LogP contribution in [0.15, 0.2) is 12.2 Å². The highest BCUT2D eigenvalue weighted by molar-refractivity contribution is 7.46. The van der Waals surface area contributed by atoms with Crippen molar-refractivity contribution in [3.8, 4) is 0 Å². The first kappa shape index (κ1) is 27.9. The van der Waals surface area contributed by atoms with E-state index in [1.54, 1.807) is 6.08 Å². The van der Waals surface area contributed by atoms with E-state index < -0.39 is 26.6 Å². The van der Waals surface area contributed by atoms with Gasteiger partial charge in [-0.25, -0.2) is 4.57 Å². The first-order valence-corrected chi connectivity index (χ1v) is 12.1. The number of hydrogen-bond donors (Lipinski definition) is 3. The second-order valence-corrected chi connectivity index (χ2v) is 8.49. The molecule has 9 heteroatoms. The summed E-state index contributed by atoms with van der Waals surface area (Å²) in [4.78, 5) is 39.9. The zero-order chi connectivity index (χ0) is 22.0. The van der Waals surface area contributed by atoms with E-state index >= 15 is 0 Å². The third-order valence-corrected chi connectivity index (χ3v) is 5.23. The van der Waals surface area contributed by atoms with Gasteiger partial charge >= 0.3 is 7.82 Å². The van der Waals surface area contributed by atoms with Crippen LogP contribution in [-0.2, 0) is 18.7 Å². The lowest BCUT2D eigenvalue weighted by atomic mass is 10.0. The fraction of sp³-hybridized carbons (Fsp3) is 0.800. The largest absolute Gasteiger partial charge is 0.469 e. The molecule has 0 rings (SSSR count). The Hall–Kier alpha value is -1.05. The Morgan fingerprint density at radius 3 is 1.83 bits per heavy atom.